The molecule has 31 heavy (non-hydrogen) atoms. The molecule has 0 radical (unpaired) electrons. The number of benzene rings is 4. The second kappa shape index (κ2) is 7.54. The lowest BCUT2D eigenvalue weighted by Gasteiger charge is -2.33. The Bertz CT molecular complexity index is 1240. The van der Waals surface area contributed by atoms with E-state index in [0.29, 0.717) is 0 Å². The summed E-state index contributed by atoms with van der Waals surface area (Å²) in [4.78, 5) is 4.88. The third-order valence-corrected chi connectivity index (χ3v) is 6.58. The van der Waals surface area contributed by atoms with Gasteiger partial charge in [-0.1, -0.05) is 66.4 Å². The summed E-state index contributed by atoms with van der Waals surface area (Å²) in [6.45, 7) is 0. The number of hydrogen-bond acceptors (Lipinski definition) is 5. The molecule has 4 nitrogen and oxygen atoms in total. The minimum atomic E-state index is 1.03. The van der Waals surface area contributed by atoms with Crippen molar-refractivity contribution < 1.29 is 0 Å². The normalized spacial score (nSPS) is 14.5. The van der Waals surface area contributed by atoms with Gasteiger partial charge in [-0.2, -0.15) is 0 Å². The maximum atomic E-state index is 3.30. The predicted molar refractivity (Wildman–Crippen MR) is 128 cm³/mol. The third-order valence-electron chi connectivity index (χ3n) is 5.45. The lowest BCUT2D eigenvalue weighted by atomic mass is 10.1. The molecule has 0 spiro atoms. The molecule has 0 aromatic heterocycles. The van der Waals surface area contributed by atoms with Crippen molar-refractivity contribution in [3.63, 3.8) is 0 Å². The van der Waals surface area contributed by atoms with Crippen LogP contribution in [0, 0.1) is 0 Å². The Hall–Kier alpha value is -3.67. The summed E-state index contributed by atoms with van der Waals surface area (Å²) in [6, 6.07) is 36.1. The van der Waals surface area contributed by atoms with Gasteiger partial charge in [-0.3, -0.25) is 5.01 Å². The van der Waals surface area contributed by atoms with Crippen LogP contribution in [0.4, 0.5) is 22.7 Å². The number of nitrogens with zero attached hydrogens (tertiary/aromatic N) is 2. The van der Waals surface area contributed by atoms with E-state index < -0.39 is 0 Å². The molecule has 6 rings (SSSR count). The zero-order valence-electron chi connectivity index (χ0n) is 16.7. The molecule has 2 aliphatic rings. The molecule has 0 atom stereocenters. The fraction of sp³-hybridized carbons (Fsp3) is 0. The quantitative estimate of drug-likeness (QED) is 0.350. The molecule has 5 heteroatoms. The standard InChI is InChI=1S/C26H20N4S/c1-2-10-20(11-3-1)29-18-22(27-28-29)19-9-8-12-21(17-19)30-23-13-4-6-15-25(23)31-26-16-7-5-14-24(26)30/h1-18,27-28H. The molecule has 2 heterocycles. The lowest BCUT2D eigenvalue weighted by Crippen LogP contribution is -2.36. The number of para-hydroxylation sites is 3. The first kappa shape index (κ1) is 18.1. The van der Waals surface area contributed by atoms with Crippen molar-refractivity contribution in [2.75, 3.05) is 9.91 Å². The third kappa shape index (κ3) is 3.24. The SMILES string of the molecule is C1=C(c2cccc(N3c4ccccc4Sc4ccccc43)c2)NNN1c1ccccc1. The summed E-state index contributed by atoms with van der Waals surface area (Å²) in [5, 5.41) is 1.99. The van der Waals surface area contributed by atoms with Gasteiger partial charge in [0.15, 0.2) is 0 Å². The van der Waals surface area contributed by atoms with E-state index in [2.05, 4.69) is 107 Å². The van der Waals surface area contributed by atoms with Crippen LogP contribution in [0.15, 0.2) is 119 Å². The highest BCUT2D eigenvalue weighted by atomic mass is 32.2. The van der Waals surface area contributed by atoms with Crippen LogP contribution in [-0.4, -0.2) is 0 Å². The van der Waals surface area contributed by atoms with Crippen molar-refractivity contribution in [2.24, 2.45) is 0 Å². The van der Waals surface area contributed by atoms with E-state index in [-0.39, 0.29) is 0 Å². The Morgan fingerprint density at radius 2 is 1.26 bits per heavy atom. The average Bonchev–Trinajstić information content (AvgIpc) is 3.34. The Balaban J connectivity index is 1.41. The number of hydrazine groups is 2. The van der Waals surface area contributed by atoms with E-state index in [1.165, 1.54) is 21.2 Å². The predicted octanol–water partition coefficient (Wildman–Crippen LogP) is 6.45. The Morgan fingerprint density at radius 3 is 2.00 bits per heavy atom. The molecule has 0 saturated heterocycles. The van der Waals surface area contributed by atoms with Crippen LogP contribution < -0.4 is 20.9 Å². The molecule has 0 aliphatic carbocycles. The molecule has 0 fully saturated rings. The maximum absolute atomic E-state index is 3.30. The van der Waals surface area contributed by atoms with E-state index in [4.69, 9.17) is 0 Å². The summed E-state index contributed by atoms with van der Waals surface area (Å²) >= 11 is 1.83. The Morgan fingerprint density at radius 1 is 0.613 bits per heavy atom. The first-order valence-corrected chi connectivity index (χ1v) is 11.0. The van der Waals surface area contributed by atoms with Gasteiger partial charge in [0.1, 0.15) is 0 Å². The van der Waals surface area contributed by atoms with Crippen molar-refractivity contribution in [2.45, 2.75) is 9.79 Å². The number of hydrogen-bond donors (Lipinski definition) is 2. The topological polar surface area (TPSA) is 30.5 Å². The molecule has 4 aromatic rings. The van der Waals surface area contributed by atoms with Crippen molar-refractivity contribution in [1.82, 2.24) is 11.0 Å². The maximum Gasteiger partial charge on any atom is 0.0757 e. The van der Waals surface area contributed by atoms with Crippen LogP contribution in [0.25, 0.3) is 5.70 Å². The number of nitrogens with one attached hydrogen (secondary N) is 2. The van der Waals surface area contributed by atoms with Gasteiger partial charge in [0.2, 0.25) is 0 Å². The smallest absolute Gasteiger partial charge is 0.0757 e. The van der Waals surface area contributed by atoms with Crippen molar-refractivity contribution >= 4 is 40.2 Å². The summed E-state index contributed by atoms with van der Waals surface area (Å²) in [7, 11) is 0. The minimum absolute atomic E-state index is 1.03. The molecule has 150 valence electrons. The molecule has 0 bridgehead atoms. The van der Waals surface area contributed by atoms with Gasteiger partial charge in [-0.15, -0.1) is 5.53 Å². The van der Waals surface area contributed by atoms with Gasteiger partial charge in [-0.25, -0.2) is 0 Å². The average molecular weight is 421 g/mol. The monoisotopic (exact) mass is 420 g/mol. The van der Waals surface area contributed by atoms with E-state index >= 15 is 0 Å². The molecule has 2 aliphatic heterocycles. The van der Waals surface area contributed by atoms with Gasteiger partial charge < -0.3 is 10.3 Å². The number of fused-ring (bicyclic) bond motifs is 2. The fourth-order valence-corrected chi connectivity index (χ4v) is 5.04. The zero-order valence-corrected chi connectivity index (χ0v) is 17.5. The Kier molecular flexibility index (Phi) is 4.41. The first-order valence-electron chi connectivity index (χ1n) is 10.2. The zero-order chi connectivity index (χ0) is 20.6. The fourth-order valence-electron chi connectivity index (χ4n) is 3.98. The second-order valence-electron chi connectivity index (χ2n) is 7.41. The van der Waals surface area contributed by atoms with Crippen LogP contribution in [0.2, 0.25) is 0 Å². The molecule has 0 unspecified atom stereocenters. The Labute approximate surface area is 185 Å². The highest BCUT2D eigenvalue weighted by Crippen LogP contribution is 2.51. The van der Waals surface area contributed by atoms with Crippen LogP contribution in [0.5, 0.6) is 0 Å². The van der Waals surface area contributed by atoms with Gasteiger partial charge in [-0.05, 0) is 48.5 Å². The van der Waals surface area contributed by atoms with Crippen LogP contribution in [0.1, 0.15) is 5.56 Å². The van der Waals surface area contributed by atoms with Crippen LogP contribution >= 0.6 is 11.8 Å². The molecule has 0 saturated carbocycles. The van der Waals surface area contributed by atoms with Gasteiger partial charge in [0.25, 0.3) is 0 Å². The van der Waals surface area contributed by atoms with Gasteiger partial charge in [0, 0.05) is 27.2 Å². The first-order chi connectivity index (χ1) is 15.4. The summed E-state index contributed by atoms with van der Waals surface area (Å²) in [6.07, 6.45) is 2.09. The van der Waals surface area contributed by atoms with Crippen LogP contribution in [0.3, 0.4) is 0 Å². The summed E-state index contributed by atoms with van der Waals surface area (Å²) in [5.41, 5.74) is 13.3. The number of anilines is 4. The number of rotatable bonds is 3. The van der Waals surface area contributed by atoms with E-state index in [1.54, 1.807) is 0 Å². The van der Waals surface area contributed by atoms with Crippen molar-refractivity contribution in [3.05, 3.63) is 115 Å². The van der Waals surface area contributed by atoms with E-state index in [9.17, 15) is 0 Å². The van der Waals surface area contributed by atoms with E-state index in [0.717, 1.165) is 22.6 Å². The molecule has 4 aromatic carbocycles. The molecular formula is C26H20N4S. The lowest BCUT2D eigenvalue weighted by molar-refractivity contribution is 0.689. The van der Waals surface area contributed by atoms with Crippen LogP contribution in [-0.2, 0) is 0 Å². The minimum Gasteiger partial charge on any atom is -0.308 e. The molecule has 0 amide bonds. The molecular weight excluding hydrogens is 400 g/mol. The van der Waals surface area contributed by atoms with Gasteiger partial charge in [0.05, 0.1) is 22.8 Å². The largest absolute Gasteiger partial charge is 0.308 e. The highest BCUT2D eigenvalue weighted by molar-refractivity contribution is 7.99. The summed E-state index contributed by atoms with van der Waals surface area (Å²) in [5.74, 6) is 0. The highest BCUT2D eigenvalue weighted by Gasteiger charge is 2.24. The van der Waals surface area contributed by atoms with Gasteiger partial charge >= 0.3 is 0 Å². The van der Waals surface area contributed by atoms with Crippen molar-refractivity contribution in [1.29, 1.82) is 0 Å². The summed E-state index contributed by atoms with van der Waals surface area (Å²) < 4.78 is 0. The van der Waals surface area contributed by atoms with E-state index in [1.807, 2.05) is 35.0 Å². The van der Waals surface area contributed by atoms with Crippen molar-refractivity contribution in [3.8, 4) is 0 Å². The molecule has 2 N–H and O–H groups in total. The second-order valence-corrected chi connectivity index (χ2v) is 8.49.